The number of aromatic nitrogens is 2. The molecule has 0 aliphatic carbocycles. The number of hydrogen-bond acceptors (Lipinski definition) is 3. The molecule has 6 heteroatoms. The summed E-state index contributed by atoms with van der Waals surface area (Å²) < 4.78 is 1.34. The van der Waals surface area contributed by atoms with E-state index in [9.17, 15) is 9.59 Å². The second kappa shape index (κ2) is 6.03. The van der Waals surface area contributed by atoms with Crippen molar-refractivity contribution in [3.8, 4) is 0 Å². The fraction of sp³-hybridized carbons (Fsp3) is 0.545. The van der Waals surface area contributed by atoms with Crippen molar-refractivity contribution >= 4 is 11.9 Å². The third kappa shape index (κ3) is 3.30. The van der Waals surface area contributed by atoms with Crippen molar-refractivity contribution in [2.75, 3.05) is 26.7 Å². The van der Waals surface area contributed by atoms with Crippen molar-refractivity contribution in [1.29, 1.82) is 0 Å². The van der Waals surface area contributed by atoms with Crippen LogP contribution in [0.4, 0.5) is 4.79 Å². The monoisotopic (exact) mass is 238 g/mol. The molecule has 0 unspecified atom stereocenters. The van der Waals surface area contributed by atoms with Crippen LogP contribution in [0.25, 0.3) is 0 Å². The number of likely N-dealkylation sites (N-methyl/N-ethyl adjacent to an activating group) is 2. The third-order valence-corrected chi connectivity index (χ3v) is 2.54. The molecule has 17 heavy (non-hydrogen) atoms. The lowest BCUT2D eigenvalue weighted by Crippen LogP contribution is -2.42. The molecular weight excluding hydrogens is 220 g/mol. The van der Waals surface area contributed by atoms with Gasteiger partial charge in [-0.15, -0.1) is 0 Å². The summed E-state index contributed by atoms with van der Waals surface area (Å²) in [6.45, 7) is 5.22. The van der Waals surface area contributed by atoms with E-state index in [-0.39, 0.29) is 18.5 Å². The van der Waals surface area contributed by atoms with E-state index in [1.165, 1.54) is 22.0 Å². The summed E-state index contributed by atoms with van der Waals surface area (Å²) in [5.41, 5.74) is 0. The molecule has 0 radical (unpaired) electrons. The minimum atomic E-state index is -0.261. The van der Waals surface area contributed by atoms with E-state index in [0.717, 1.165) is 0 Å². The Morgan fingerprint density at radius 3 is 2.41 bits per heavy atom. The van der Waals surface area contributed by atoms with Crippen LogP contribution in [0.5, 0.6) is 0 Å². The molecule has 1 aromatic rings. The minimum absolute atomic E-state index is 0.0500. The Balaban J connectivity index is 2.57. The van der Waals surface area contributed by atoms with Crippen molar-refractivity contribution in [1.82, 2.24) is 19.4 Å². The number of rotatable bonds is 4. The highest BCUT2D eigenvalue weighted by atomic mass is 16.2. The Morgan fingerprint density at radius 2 is 1.94 bits per heavy atom. The molecule has 0 saturated heterocycles. The Morgan fingerprint density at radius 1 is 1.29 bits per heavy atom. The van der Waals surface area contributed by atoms with Crippen molar-refractivity contribution < 1.29 is 9.59 Å². The maximum Gasteiger partial charge on any atom is 0.329 e. The Bertz CT molecular complexity index is 371. The fourth-order valence-electron chi connectivity index (χ4n) is 1.52. The number of hydrogen-bond donors (Lipinski definition) is 0. The van der Waals surface area contributed by atoms with Gasteiger partial charge in [-0.3, -0.25) is 9.36 Å². The van der Waals surface area contributed by atoms with Crippen LogP contribution in [-0.2, 0) is 4.79 Å². The van der Waals surface area contributed by atoms with E-state index >= 15 is 0 Å². The average Bonchev–Trinajstić information content (AvgIpc) is 2.83. The van der Waals surface area contributed by atoms with Crippen LogP contribution >= 0.6 is 0 Å². The number of carbonyl (C=O) groups is 2. The van der Waals surface area contributed by atoms with Gasteiger partial charge in [0.05, 0.1) is 0 Å². The van der Waals surface area contributed by atoms with Gasteiger partial charge < -0.3 is 9.80 Å². The molecule has 0 spiro atoms. The fourth-order valence-corrected chi connectivity index (χ4v) is 1.52. The molecule has 1 aromatic heterocycles. The van der Waals surface area contributed by atoms with E-state index in [2.05, 4.69) is 4.98 Å². The lowest BCUT2D eigenvalue weighted by molar-refractivity contribution is -0.131. The summed E-state index contributed by atoms with van der Waals surface area (Å²) in [5.74, 6) is -0.0500. The molecule has 2 amide bonds. The molecule has 0 bridgehead atoms. The van der Waals surface area contributed by atoms with Crippen molar-refractivity contribution in [3.63, 3.8) is 0 Å². The summed E-state index contributed by atoms with van der Waals surface area (Å²) in [6, 6.07) is -0.261. The maximum atomic E-state index is 11.8. The Kier molecular flexibility index (Phi) is 4.68. The largest absolute Gasteiger partial charge is 0.342 e. The van der Waals surface area contributed by atoms with Crippen LogP contribution < -0.4 is 0 Å². The molecule has 6 nitrogen and oxygen atoms in total. The average molecular weight is 238 g/mol. The van der Waals surface area contributed by atoms with Gasteiger partial charge in [0.25, 0.3) is 0 Å². The number of nitrogens with zero attached hydrogens (tertiary/aromatic N) is 4. The topological polar surface area (TPSA) is 58.4 Å². The van der Waals surface area contributed by atoms with Gasteiger partial charge in [-0.2, -0.15) is 0 Å². The predicted octanol–water partition coefficient (Wildman–Crippen LogP) is 0.651. The van der Waals surface area contributed by atoms with Gasteiger partial charge in [-0.1, -0.05) is 0 Å². The molecule has 0 N–H and O–H groups in total. The molecule has 0 aliphatic heterocycles. The number of carbonyl (C=O) groups excluding carboxylic acids is 2. The first-order chi connectivity index (χ1) is 8.10. The Hall–Kier alpha value is -1.85. The van der Waals surface area contributed by atoms with Crippen molar-refractivity contribution in [2.24, 2.45) is 0 Å². The molecule has 0 saturated carbocycles. The molecule has 0 fully saturated rings. The zero-order valence-electron chi connectivity index (χ0n) is 10.5. The predicted molar refractivity (Wildman–Crippen MR) is 63.6 cm³/mol. The van der Waals surface area contributed by atoms with Crippen molar-refractivity contribution in [3.05, 3.63) is 18.7 Å². The van der Waals surface area contributed by atoms with Gasteiger partial charge in [-0.25, -0.2) is 9.78 Å². The molecule has 0 aromatic carbocycles. The first kappa shape index (κ1) is 13.2. The normalized spacial score (nSPS) is 10.1. The lowest BCUT2D eigenvalue weighted by Gasteiger charge is -2.23. The molecule has 1 rings (SSSR count). The third-order valence-electron chi connectivity index (χ3n) is 2.54. The molecule has 0 aliphatic rings. The maximum absolute atomic E-state index is 11.8. The second-order valence-electron chi connectivity index (χ2n) is 3.67. The van der Waals surface area contributed by atoms with E-state index in [4.69, 9.17) is 0 Å². The van der Waals surface area contributed by atoms with Gasteiger partial charge in [0.1, 0.15) is 12.9 Å². The van der Waals surface area contributed by atoms with Crippen LogP contribution in [-0.4, -0.2) is 58.0 Å². The van der Waals surface area contributed by atoms with Crippen molar-refractivity contribution in [2.45, 2.75) is 13.8 Å². The van der Waals surface area contributed by atoms with Gasteiger partial charge in [0, 0.05) is 32.5 Å². The summed E-state index contributed by atoms with van der Waals surface area (Å²) in [7, 11) is 1.60. The van der Waals surface area contributed by atoms with E-state index < -0.39 is 0 Å². The molecular formula is C11H18N4O2. The zero-order valence-corrected chi connectivity index (χ0v) is 10.5. The highest BCUT2D eigenvalue weighted by Crippen LogP contribution is 1.96. The second-order valence-corrected chi connectivity index (χ2v) is 3.67. The zero-order chi connectivity index (χ0) is 12.8. The molecule has 0 atom stereocenters. The first-order valence-corrected chi connectivity index (χ1v) is 5.61. The Labute approximate surface area is 101 Å². The summed E-state index contributed by atoms with van der Waals surface area (Å²) in [4.78, 5) is 30.5. The van der Waals surface area contributed by atoms with Gasteiger partial charge in [0.2, 0.25) is 5.91 Å². The first-order valence-electron chi connectivity index (χ1n) is 5.61. The van der Waals surface area contributed by atoms with Crippen LogP contribution in [0.1, 0.15) is 13.8 Å². The van der Waals surface area contributed by atoms with E-state index in [1.54, 1.807) is 18.1 Å². The summed E-state index contributed by atoms with van der Waals surface area (Å²) >= 11 is 0. The van der Waals surface area contributed by atoms with Crippen LogP contribution in [0.3, 0.4) is 0 Å². The smallest absolute Gasteiger partial charge is 0.329 e. The summed E-state index contributed by atoms with van der Waals surface area (Å²) in [6.07, 6.45) is 4.50. The highest BCUT2D eigenvalue weighted by molar-refractivity contribution is 5.84. The number of amides is 2. The van der Waals surface area contributed by atoms with E-state index in [0.29, 0.717) is 13.1 Å². The van der Waals surface area contributed by atoms with E-state index in [1.807, 2.05) is 13.8 Å². The van der Waals surface area contributed by atoms with Gasteiger partial charge in [0.15, 0.2) is 0 Å². The van der Waals surface area contributed by atoms with Crippen LogP contribution in [0.2, 0.25) is 0 Å². The minimum Gasteiger partial charge on any atom is -0.342 e. The molecule has 94 valence electrons. The standard InChI is InChI=1S/C11H18N4O2/c1-4-14(5-2)10(16)8-13(3)11(17)15-7-6-12-9-15/h6-7,9H,4-5,8H2,1-3H3. The lowest BCUT2D eigenvalue weighted by atomic mass is 10.4. The molecule has 1 heterocycles. The quantitative estimate of drug-likeness (QED) is 0.774. The van der Waals surface area contributed by atoms with Crippen LogP contribution in [0.15, 0.2) is 18.7 Å². The summed E-state index contributed by atoms with van der Waals surface area (Å²) in [5, 5.41) is 0. The van der Waals surface area contributed by atoms with Gasteiger partial charge >= 0.3 is 6.03 Å². The van der Waals surface area contributed by atoms with Crippen LogP contribution in [0, 0.1) is 0 Å². The highest BCUT2D eigenvalue weighted by Gasteiger charge is 2.17. The van der Waals surface area contributed by atoms with Gasteiger partial charge in [-0.05, 0) is 13.8 Å². The SMILES string of the molecule is CCN(CC)C(=O)CN(C)C(=O)n1ccnc1. The number of imidazole rings is 1.